The first-order chi connectivity index (χ1) is 16.9. The molecule has 1 spiro atoms. The van der Waals surface area contributed by atoms with Crippen molar-refractivity contribution in [1.82, 2.24) is 9.55 Å². The van der Waals surface area contributed by atoms with Gasteiger partial charge in [0.15, 0.2) is 0 Å². The smallest absolute Gasteiger partial charge is 0.210 e. The van der Waals surface area contributed by atoms with Crippen molar-refractivity contribution in [1.29, 1.82) is 0 Å². The molecular formula is C31H23N3. The average molecular weight is 438 g/mol. The first-order valence-corrected chi connectivity index (χ1v) is 12.1. The summed E-state index contributed by atoms with van der Waals surface area (Å²) in [5, 5.41) is 0. The predicted molar refractivity (Wildman–Crippen MR) is 137 cm³/mol. The number of benzene rings is 4. The highest BCUT2D eigenvalue weighted by atomic mass is 15.3. The van der Waals surface area contributed by atoms with Gasteiger partial charge in [-0.05, 0) is 63.1 Å². The molecule has 0 amide bonds. The van der Waals surface area contributed by atoms with Gasteiger partial charge < -0.3 is 9.47 Å². The summed E-state index contributed by atoms with van der Waals surface area (Å²) in [5.74, 6) is 1.04. The van der Waals surface area contributed by atoms with Crippen LogP contribution in [0.1, 0.15) is 28.7 Å². The largest absolute Gasteiger partial charge is 0.317 e. The predicted octanol–water partition coefficient (Wildman–Crippen LogP) is 6.77. The Morgan fingerprint density at radius 1 is 0.618 bits per heavy atom. The summed E-state index contributed by atoms with van der Waals surface area (Å²) < 4.78 is 2.27. The third kappa shape index (κ3) is 2.10. The number of hydrogen-bond acceptors (Lipinski definition) is 2. The molecule has 3 aliphatic rings. The fourth-order valence-electron chi connectivity index (χ4n) is 6.72. The lowest BCUT2D eigenvalue weighted by Crippen LogP contribution is -2.29. The van der Waals surface area contributed by atoms with Crippen LogP contribution >= 0.6 is 0 Å². The zero-order valence-corrected chi connectivity index (χ0v) is 18.8. The molecule has 4 aromatic carbocycles. The quantitative estimate of drug-likeness (QED) is 0.283. The monoisotopic (exact) mass is 437 g/mol. The normalized spacial score (nSPS) is 16.1. The van der Waals surface area contributed by atoms with E-state index in [9.17, 15) is 0 Å². The number of rotatable bonds is 1. The molecule has 0 bridgehead atoms. The second-order valence-electron chi connectivity index (χ2n) is 9.54. The second kappa shape index (κ2) is 6.48. The third-order valence-corrected chi connectivity index (χ3v) is 8.01. The summed E-state index contributed by atoms with van der Waals surface area (Å²) in [6, 6.07) is 34.0. The first kappa shape index (κ1) is 18.3. The van der Waals surface area contributed by atoms with Gasteiger partial charge in [0, 0.05) is 31.2 Å². The Morgan fingerprint density at radius 2 is 1.21 bits per heavy atom. The fraction of sp³-hybridized carbons (Fsp3) is 0.129. The van der Waals surface area contributed by atoms with Crippen LogP contribution in [0.4, 0.5) is 11.6 Å². The van der Waals surface area contributed by atoms with Crippen LogP contribution in [0.5, 0.6) is 0 Å². The molecule has 8 rings (SSSR count). The van der Waals surface area contributed by atoms with Crippen LogP contribution < -0.4 is 4.90 Å². The molecule has 0 fully saturated rings. The van der Waals surface area contributed by atoms with E-state index in [0.29, 0.717) is 0 Å². The molecule has 2 aliphatic carbocycles. The number of nitrogens with zero attached hydrogens (tertiary/aromatic N) is 3. The molecule has 0 saturated heterocycles. The van der Waals surface area contributed by atoms with E-state index in [1.54, 1.807) is 0 Å². The van der Waals surface area contributed by atoms with Crippen molar-refractivity contribution >= 4 is 11.6 Å². The van der Waals surface area contributed by atoms with E-state index >= 15 is 0 Å². The van der Waals surface area contributed by atoms with Crippen LogP contribution in [0.25, 0.3) is 22.3 Å². The lowest BCUT2D eigenvalue weighted by atomic mass is 9.70. The first-order valence-electron chi connectivity index (χ1n) is 12.1. The van der Waals surface area contributed by atoms with Gasteiger partial charge in [-0.25, -0.2) is 4.98 Å². The minimum absolute atomic E-state index is 0.291. The average Bonchev–Trinajstić information content (AvgIpc) is 3.58. The second-order valence-corrected chi connectivity index (χ2v) is 9.54. The van der Waals surface area contributed by atoms with Gasteiger partial charge in [-0.3, -0.25) is 0 Å². The molecule has 34 heavy (non-hydrogen) atoms. The number of fused-ring (bicyclic) bond motifs is 11. The van der Waals surface area contributed by atoms with Gasteiger partial charge in [0.05, 0.1) is 5.41 Å². The van der Waals surface area contributed by atoms with E-state index in [0.717, 1.165) is 25.5 Å². The number of anilines is 2. The SMILES string of the molecule is c1ccc2c(c1)-c1ccccc1C21c2ccccc2-c2ccc(N3CCCn4ccnc43)cc21. The molecule has 0 radical (unpaired) electrons. The van der Waals surface area contributed by atoms with Crippen molar-refractivity contribution in [3.8, 4) is 22.3 Å². The molecule has 5 aromatic rings. The zero-order chi connectivity index (χ0) is 22.3. The maximum atomic E-state index is 4.70. The standard InChI is InChI=1S/C31H23N3/c1-4-11-26-22(8-1)23-9-2-5-12-27(23)31(26)28-13-6-3-10-24(28)25-15-14-21(20-29(25)31)34-18-7-17-33-19-16-32-30(33)34/h1-6,8-16,19-20H,7,17-18H2. The van der Waals surface area contributed by atoms with Crippen molar-refractivity contribution in [3.63, 3.8) is 0 Å². The Labute approximate surface area is 199 Å². The number of aryl methyl sites for hydroxylation is 1. The molecule has 3 nitrogen and oxygen atoms in total. The van der Waals surface area contributed by atoms with Gasteiger partial charge >= 0.3 is 0 Å². The van der Waals surface area contributed by atoms with Crippen molar-refractivity contribution in [2.45, 2.75) is 18.4 Å². The number of imidazole rings is 1. The van der Waals surface area contributed by atoms with Crippen molar-refractivity contribution in [3.05, 3.63) is 126 Å². The van der Waals surface area contributed by atoms with Gasteiger partial charge in [-0.15, -0.1) is 0 Å². The highest BCUT2D eigenvalue weighted by Gasteiger charge is 2.51. The highest BCUT2D eigenvalue weighted by molar-refractivity contribution is 5.95. The number of aromatic nitrogens is 2. The molecule has 0 saturated carbocycles. The molecule has 2 heterocycles. The fourth-order valence-corrected chi connectivity index (χ4v) is 6.72. The summed E-state index contributed by atoms with van der Waals surface area (Å²) in [4.78, 5) is 7.08. The van der Waals surface area contributed by atoms with Crippen molar-refractivity contribution < 1.29 is 0 Å². The van der Waals surface area contributed by atoms with Crippen LogP contribution in [0, 0.1) is 0 Å². The van der Waals surface area contributed by atoms with E-state index in [4.69, 9.17) is 4.98 Å². The molecule has 162 valence electrons. The molecule has 0 N–H and O–H groups in total. The summed E-state index contributed by atoms with van der Waals surface area (Å²) >= 11 is 0. The molecule has 0 unspecified atom stereocenters. The van der Waals surface area contributed by atoms with E-state index in [2.05, 4.69) is 107 Å². The highest BCUT2D eigenvalue weighted by Crippen LogP contribution is 2.63. The van der Waals surface area contributed by atoms with Gasteiger partial charge in [0.1, 0.15) is 0 Å². The summed E-state index contributed by atoms with van der Waals surface area (Å²) in [6.07, 6.45) is 5.13. The third-order valence-electron chi connectivity index (χ3n) is 8.01. The van der Waals surface area contributed by atoms with Crippen LogP contribution in [-0.4, -0.2) is 16.1 Å². The lowest BCUT2D eigenvalue weighted by molar-refractivity contribution is 0.591. The maximum absolute atomic E-state index is 4.70. The Bertz CT molecular complexity index is 1550. The van der Waals surface area contributed by atoms with Gasteiger partial charge in [0.25, 0.3) is 0 Å². The molecule has 1 aromatic heterocycles. The number of hydrogen-bond donors (Lipinski definition) is 0. The zero-order valence-electron chi connectivity index (χ0n) is 18.8. The Kier molecular flexibility index (Phi) is 3.49. The summed E-state index contributed by atoms with van der Waals surface area (Å²) in [6.45, 7) is 2.02. The van der Waals surface area contributed by atoms with Crippen molar-refractivity contribution in [2.75, 3.05) is 11.4 Å². The molecule has 1 aliphatic heterocycles. The minimum Gasteiger partial charge on any atom is -0.317 e. The van der Waals surface area contributed by atoms with Crippen LogP contribution in [0.2, 0.25) is 0 Å². The van der Waals surface area contributed by atoms with E-state index in [1.165, 1.54) is 50.2 Å². The lowest BCUT2D eigenvalue weighted by Gasteiger charge is -2.33. The van der Waals surface area contributed by atoms with E-state index in [1.807, 2.05) is 6.20 Å². The molecular weight excluding hydrogens is 414 g/mol. The van der Waals surface area contributed by atoms with Gasteiger partial charge in [0.2, 0.25) is 5.95 Å². The summed E-state index contributed by atoms with van der Waals surface area (Å²) in [7, 11) is 0. The maximum Gasteiger partial charge on any atom is 0.210 e. The van der Waals surface area contributed by atoms with E-state index < -0.39 is 0 Å². The topological polar surface area (TPSA) is 21.1 Å². The molecule has 3 heteroatoms. The van der Waals surface area contributed by atoms with Crippen LogP contribution in [0.15, 0.2) is 103 Å². The van der Waals surface area contributed by atoms with Crippen molar-refractivity contribution in [2.24, 2.45) is 0 Å². The molecule has 0 atom stereocenters. The van der Waals surface area contributed by atoms with E-state index in [-0.39, 0.29) is 5.41 Å². The Morgan fingerprint density at radius 3 is 1.85 bits per heavy atom. The minimum atomic E-state index is -0.291. The Hall–Kier alpha value is -4.11. The van der Waals surface area contributed by atoms with Gasteiger partial charge in [-0.1, -0.05) is 78.9 Å². The Balaban J connectivity index is 1.46. The van der Waals surface area contributed by atoms with Crippen LogP contribution in [0.3, 0.4) is 0 Å². The van der Waals surface area contributed by atoms with Gasteiger partial charge in [-0.2, -0.15) is 0 Å². The summed E-state index contributed by atoms with van der Waals surface area (Å²) in [5.41, 5.74) is 11.9. The van der Waals surface area contributed by atoms with Crippen LogP contribution in [-0.2, 0) is 12.0 Å².